The van der Waals surface area contributed by atoms with E-state index in [9.17, 15) is 9.18 Å². The summed E-state index contributed by atoms with van der Waals surface area (Å²) < 4.78 is 18.1. The second-order valence-corrected chi connectivity index (χ2v) is 4.56. The van der Waals surface area contributed by atoms with E-state index in [1.807, 2.05) is 0 Å². The van der Waals surface area contributed by atoms with Gasteiger partial charge < -0.3 is 15.8 Å². The van der Waals surface area contributed by atoms with Crippen LogP contribution in [-0.4, -0.2) is 19.1 Å². The molecule has 0 atom stereocenters. The summed E-state index contributed by atoms with van der Waals surface area (Å²) in [7, 11) is 0. The predicted octanol–water partition coefficient (Wildman–Crippen LogP) is 2.16. The number of ether oxygens (including phenoxy) is 1. The van der Waals surface area contributed by atoms with E-state index in [0.29, 0.717) is 12.3 Å². The van der Waals surface area contributed by atoms with Crippen LogP contribution in [-0.2, 0) is 9.53 Å². The van der Waals surface area contributed by atoms with Crippen LogP contribution in [0.3, 0.4) is 0 Å². The molecule has 0 bridgehead atoms. The molecule has 2 rings (SSSR count). The molecule has 1 aliphatic carbocycles. The monoisotopic (exact) mass is 252 g/mol. The van der Waals surface area contributed by atoms with Crippen molar-refractivity contribution in [1.82, 2.24) is 0 Å². The van der Waals surface area contributed by atoms with E-state index in [2.05, 4.69) is 5.32 Å². The molecule has 1 aromatic rings. The number of benzene rings is 1. The molecule has 0 aliphatic heterocycles. The molecule has 1 saturated carbocycles. The highest BCUT2D eigenvalue weighted by Gasteiger charge is 2.20. The molecule has 0 saturated heterocycles. The smallest absolute Gasteiger partial charge is 0.250 e. The Bertz CT molecular complexity index is 433. The molecule has 5 heteroatoms. The molecule has 1 aromatic carbocycles. The number of nitrogen functional groups attached to an aromatic ring is 1. The van der Waals surface area contributed by atoms with Crippen LogP contribution in [0.15, 0.2) is 18.2 Å². The zero-order chi connectivity index (χ0) is 13.0. The molecule has 0 aromatic heterocycles. The first kappa shape index (κ1) is 12.8. The SMILES string of the molecule is Nc1cc(F)ccc1NC(=O)COCCC1CC1. The van der Waals surface area contributed by atoms with Gasteiger partial charge in [-0.3, -0.25) is 4.79 Å². The van der Waals surface area contributed by atoms with Crippen molar-refractivity contribution in [3.63, 3.8) is 0 Å². The van der Waals surface area contributed by atoms with Crippen molar-refractivity contribution in [2.24, 2.45) is 5.92 Å². The van der Waals surface area contributed by atoms with E-state index < -0.39 is 5.82 Å². The maximum Gasteiger partial charge on any atom is 0.250 e. The van der Waals surface area contributed by atoms with Gasteiger partial charge in [-0.1, -0.05) is 12.8 Å². The summed E-state index contributed by atoms with van der Waals surface area (Å²) in [6.45, 7) is 0.612. The molecule has 1 amide bonds. The van der Waals surface area contributed by atoms with Crippen LogP contribution in [0.1, 0.15) is 19.3 Å². The first-order valence-corrected chi connectivity index (χ1v) is 6.08. The Hall–Kier alpha value is -1.62. The van der Waals surface area contributed by atoms with E-state index >= 15 is 0 Å². The number of halogens is 1. The van der Waals surface area contributed by atoms with Gasteiger partial charge in [0.25, 0.3) is 0 Å². The fourth-order valence-electron chi connectivity index (χ4n) is 1.66. The van der Waals surface area contributed by atoms with E-state index in [1.54, 1.807) is 0 Å². The van der Waals surface area contributed by atoms with Crippen molar-refractivity contribution >= 4 is 17.3 Å². The minimum absolute atomic E-state index is 0.00351. The zero-order valence-corrected chi connectivity index (χ0v) is 10.1. The average Bonchev–Trinajstić information content (AvgIpc) is 3.12. The molecule has 3 N–H and O–H groups in total. The normalized spacial score (nSPS) is 14.5. The summed E-state index contributed by atoms with van der Waals surface area (Å²) in [5.74, 6) is 0.0936. The van der Waals surface area contributed by atoms with Gasteiger partial charge in [0.2, 0.25) is 5.91 Å². The second-order valence-electron chi connectivity index (χ2n) is 4.56. The topological polar surface area (TPSA) is 64.3 Å². The molecular formula is C13H17FN2O2. The third kappa shape index (κ3) is 4.00. The highest BCUT2D eigenvalue weighted by molar-refractivity contribution is 5.94. The second kappa shape index (κ2) is 5.82. The highest BCUT2D eigenvalue weighted by Crippen LogP contribution is 2.32. The van der Waals surface area contributed by atoms with Crippen LogP contribution in [0, 0.1) is 11.7 Å². The van der Waals surface area contributed by atoms with Crippen LogP contribution in [0.4, 0.5) is 15.8 Å². The quantitative estimate of drug-likeness (QED) is 0.602. The van der Waals surface area contributed by atoms with Crippen LogP contribution >= 0.6 is 0 Å². The van der Waals surface area contributed by atoms with Crippen molar-refractivity contribution in [3.05, 3.63) is 24.0 Å². The Labute approximate surface area is 105 Å². The first-order chi connectivity index (χ1) is 8.65. The van der Waals surface area contributed by atoms with Gasteiger partial charge in [-0.25, -0.2) is 4.39 Å². The van der Waals surface area contributed by atoms with Crippen molar-refractivity contribution < 1.29 is 13.9 Å². The number of hydrogen-bond donors (Lipinski definition) is 2. The number of rotatable bonds is 6. The Morgan fingerprint density at radius 2 is 2.28 bits per heavy atom. The number of nitrogens with one attached hydrogen (secondary N) is 1. The van der Waals surface area contributed by atoms with Crippen LogP contribution in [0.25, 0.3) is 0 Å². The number of amides is 1. The largest absolute Gasteiger partial charge is 0.397 e. The molecule has 0 spiro atoms. The van der Waals surface area contributed by atoms with E-state index in [-0.39, 0.29) is 18.2 Å². The third-order valence-corrected chi connectivity index (χ3v) is 2.89. The molecule has 4 nitrogen and oxygen atoms in total. The maximum atomic E-state index is 12.8. The standard InChI is InChI=1S/C13H17FN2O2/c14-10-3-4-12(11(15)7-10)16-13(17)8-18-6-5-9-1-2-9/h3-4,7,9H,1-2,5-6,8,15H2,(H,16,17). The highest BCUT2D eigenvalue weighted by atomic mass is 19.1. The van der Waals surface area contributed by atoms with Crippen molar-refractivity contribution in [1.29, 1.82) is 0 Å². The van der Waals surface area contributed by atoms with Crippen molar-refractivity contribution in [2.75, 3.05) is 24.3 Å². The zero-order valence-electron chi connectivity index (χ0n) is 10.1. The lowest BCUT2D eigenvalue weighted by Crippen LogP contribution is -2.19. The summed E-state index contributed by atoms with van der Waals surface area (Å²) in [6.07, 6.45) is 3.58. The van der Waals surface area contributed by atoms with Crippen LogP contribution in [0.2, 0.25) is 0 Å². The first-order valence-electron chi connectivity index (χ1n) is 6.08. The molecule has 98 valence electrons. The minimum atomic E-state index is -0.425. The lowest BCUT2D eigenvalue weighted by atomic mass is 10.2. The molecule has 0 unspecified atom stereocenters. The predicted molar refractivity (Wildman–Crippen MR) is 67.6 cm³/mol. The Morgan fingerprint density at radius 3 is 2.94 bits per heavy atom. The van der Waals surface area contributed by atoms with Gasteiger partial charge in [0.1, 0.15) is 12.4 Å². The summed E-state index contributed by atoms with van der Waals surface area (Å²) in [5, 5.41) is 2.59. The number of carbonyl (C=O) groups excluding carboxylic acids is 1. The number of carbonyl (C=O) groups is 1. The van der Waals surface area contributed by atoms with Gasteiger partial charge >= 0.3 is 0 Å². The fraction of sp³-hybridized carbons (Fsp3) is 0.462. The van der Waals surface area contributed by atoms with Crippen molar-refractivity contribution in [2.45, 2.75) is 19.3 Å². The molecule has 1 fully saturated rings. The van der Waals surface area contributed by atoms with Gasteiger partial charge in [-0.05, 0) is 30.5 Å². The van der Waals surface area contributed by atoms with Gasteiger partial charge in [0.05, 0.1) is 11.4 Å². The van der Waals surface area contributed by atoms with Crippen molar-refractivity contribution in [3.8, 4) is 0 Å². The lowest BCUT2D eigenvalue weighted by Gasteiger charge is -2.08. The maximum absolute atomic E-state index is 12.8. The Kier molecular flexibility index (Phi) is 4.15. The molecule has 1 aliphatic rings. The number of hydrogen-bond acceptors (Lipinski definition) is 3. The van der Waals surface area contributed by atoms with Gasteiger partial charge in [0.15, 0.2) is 0 Å². The van der Waals surface area contributed by atoms with Gasteiger partial charge in [-0.2, -0.15) is 0 Å². The van der Waals surface area contributed by atoms with E-state index in [1.165, 1.54) is 31.0 Å². The summed E-state index contributed by atoms with van der Waals surface area (Å²) >= 11 is 0. The molecule has 0 radical (unpaired) electrons. The summed E-state index contributed by atoms with van der Waals surface area (Å²) in [6, 6.07) is 3.86. The van der Waals surface area contributed by atoms with E-state index in [4.69, 9.17) is 10.5 Å². The number of nitrogens with two attached hydrogens (primary N) is 1. The Balaban J connectivity index is 1.71. The lowest BCUT2D eigenvalue weighted by molar-refractivity contribution is -0.120. The summed E-state index contributed by atoms with van der Waals surface area (Å²) in [5.41, 5.74) is 6.20. The minimum Gasteiger partial charge on any atom is -0.397 e. The Morgan fingerprint density at radius 1 is 1.50 bits per heavy atom. The molecule has 0 heterocycles. The molecular weight excluding hydrogens is 235 g/mol. The van der Waals surface area contributed by atoms with Crippen LogP contribution < -0.4 is 11.1 Å². The van der Waals surface area contributed by atoms with Crippen LogP contribution in [0.5, 0.6) is 0 Å². The molecule has 18 heavy (non-hydrogen) atoms. The average molecular weight is 252 g/mol. The number of anilines is 2. The third-order valence-electron chi connectivity index (χ3n) is 2.89. The van der Waals surface area contributed by atoms with E-state index in [0.717, 1.165) is 12.3 Å². The van der Waals surface area contributed by atoms with Gasteiger partial charge in [-0.15, -0.1) is 0 Å². The summed E-state index contributed by atoms with van der Waals surface area (Å²) in [4.78, 5) is 11.5. The fourth-order valence-corrected chi connectivity index (χ4v) is 1.66. The van der Waals surface area contributed by atoms with Gasteiger partial charge in [0, 0.05) is 6.61 Å².